The van der Waals surface area contributed by atoms with E-state index in [9.17, 15) is 9.59 Å². The van der Waals surface area contributed by atoms with Gasteiger partial charge in [-0.1, -0.05) is 25.5 Å². The quantitative estimate of drug-likeness (QED) is 0.860. The topological polar surface area (TPSA) is 61.4 Å². The second kappa shape index (κ2) is 6.52. The normalized spacial score (nSPS) is 15.5. The lowest BCUT2D eigenvalue weighted by molar-refractivity contribution is -0.121. The van der Waals surface area contributed by atoms with Crippen LogP contribution in [0.15, 0.2) is 24.3 Å². The first kappa shape index (κ1) is 14.5. The summed E-state index contributed by atoms with van der Waals surface area (Å²) in [7, 11) is 0. The molecular formula is C15H21N3O2. The third kappa shape index (κ3) is 3.36. The average Bonchev–Trinajstić information content (AvgIpc) is 2.44. The number of amides is 2. The molecule has 20 heavy (non-hydrogen) atoms. The van der Waals surface area contributed by atoms with E-state index in [1.54, 1.807) is 11.0 Å². The van der Waals surface area contributed by atoms with Crippen LogP contribution in [0.5, 0.6) is 0 Å². The lowest BCUT2D eigenvalue weighted by Crippen LogP contribution is -2.46. The minimum absolute atomic E-state index is 0.0738. The molecule has 0 aliphatic carbocycles. The largest absolute Gasteiger partial charge is 0.323 e. The third-order valence-corrected chi connectivity index (χ3v) is 3.40. The monoisotopic (exact) mass is 275 g/mol. The number of benzene rings is 1. The number of anilines is 2. The molecule has 1 aliphatic heterocycles. The van der Waals surface area contributed by atoms with Gasteiger partial charge < -0.3 is 10.6 Å². The number of nitrogens with one attached hydrogen (secondary N) is 2. The number of hydrogen-bond acceptors (Lipinski definition) is 3. The minimum Gasteiger partial charge on any atom is -0.323 e. The van der Waals surface area contributed by atoms with Crippen molar-refractivity contribution in [3.8, 4) is 0 Å². The summed E-state index contributed by atoms with van der Waals surface area (Å²) in [5.74, 6) is -0.228. The van der Waals surface area contributed by atoms with Gasteiger partial charge in [0.25, 0.3) is 0 Å². The number of carbonyl (C=O) groups is 2. The highest BCUT2D eigenvalue weighted by atomic mass is 16.2. The Balaban J connectivity index is 2.05. The molecule has 0 aromatic heterocycles. The maximum Gasteiger partial charge on any atom is 0.244 e. The molecule has 0 spiro atoms. The molecule has 0 saturated carbocycles. The third-order valence-electron chi connectivity index (χ3n) is 3.40. The van der Waals surface area contributed by atoms with E-state index in [2.05, 4.69) is 24.5 Å². The number of hydrogen-bond donors (Lipinski definition) is 2. The molecule has 1 atom stereocenters. The van der Waals surface area contributed by atoms with Crippen molar-refractivity contribution in [2.24, 2.45) is 0 Å². The molecule has 2 rings (SSSR count). The van der Waals surface area contributed by atoms with Gasteiger partial charge in [-0.25, -0.2) is 0 Å². The van der Waals surface area contributed by atoms with Gasteiger partial charge >= 0.3 is 0 Å². The summed E-state index contributed by atoms with van der Waals surface area (Å²) < 4.78 is 0. The summed E-state index contributed by atoms with van der Waals surface area (Å²) in [6, 6.07) is 7.66. The first-order chi connectivity index (χ1) is 9.61. The highest BCUT2D eigenvalue weighted by Gasteiger charge is 2.26. The van der Waals surface area contributed by atoms with Crippen LogP contribution in [0.3, 0.4) is 0 Å². The Morgan fingerprint density at radius 3 is 2.95 bits per heavy atom. The molecule has 2 N–H and O–H groups in total. The summed E-state index contributed by atoms with van der Waals surface area (Å²) in [5.41, 5.74) is 1.46. The Morgan fingerprint density at radius 2 is 2.20 bits per heavy atom. The molecule has 2 amide bonds. The molecule has 5 nitrogen and oxygen atoms in total. The van der Waals surface area contributed by atoms with Crippen LogP contribution < -0.4 is 15.5 Å². The fraction of sp³-hybridized carbons (Fsp3) is 0.467. The fourth-order valence-electron chi connectivity index (χ4n) is 2.35. The van der Waals surface area contributed by atoms with Crippen molar-refractivity contribution < 1.29 is 9.59 Å². The average molecular weight is 275 g/mol. The van der Waals surface area contributed by atoms with Gasteiger partial charge in [0, 0.05) is 6.04 Å². The zero-order chi connectivity index (χ0) is 14.5. The molecule has 1 aromatic rings. The van der Waals surface area contributed by atoms with Gasteiger partial charge in [-0.15, -0.1) is 0 Å². The maximum absolute atomic E-state index is 12.3. The Labute approximate surface area is 119 Å². The zero-order valence-corrected chi connectivity index (χ0v) is 12.0. The van der Waals surface area contributed by atoms with Crippen LogP contribution in [0.4, 0.5) is 11.4 Å². The number of para-hydroxylation sites is 2. The van der Waals surface area contributed by atoms with Crippen LogP contribution in [0, 0.1) is 0 Å². The van der Waals surface area contributed by atoms with E-state index in [4.69, 9.17) is 0 Å². The van der Waals surface area contributed by atoms with E-state index in [-0.39, 0.29) is 24.9 Å². The van der Waals surface area contributed by atoms with Crippen LogP contribution in [-0.2, 0) is 9.59 Å². The van der Waals surface area contributed by atoms with Gasteiger partial charge in [0.1, 0.15) is 6.54 Å². The fourth-order valence-corrected chi connectivity index (χ4v) is 2.35. The SMILES string of the molecule is CCCC(C)NCC(=O)N1CC(=O)Nc2ccccc21. The number of nitrogens with zero attached hydrogens (tertiary/aromatic N) is 1. The highest BCUT2D eigenvalue weighted by Crippen LogP contribution is 2.28. The molecule has 0 saturated heterocycles. The van der Waals surface area contributed by atoms with Crippen LogP contribution in [0.1, 0.15) is 26.7 Å². The molecule has 5 heteroatoms. The molecule has 0 bridgehead atoms. The molecule has 1 aliphatic rings. The Kier molecular flexibility index (Phi) is 4.74. The Morgan fingerprint density at radius 1 is 1.45 bits per heavy atom. The number of rotatable bonds is 5. The molecule has 1 unspecified atom stereocenters. The summed E-state index contributed by atoms with van der Waals surface area (Å²) in [6.45, 7) is 4.52. The van der Waals surface area contributed by atoms with Gasteiger partial charge in [-0.2, -0.15) is 0 Å². The summed E-state index contributed by atoms with van der Waals surface area (Å²) in [6.07, 6.45) is 2.11. The maximum atomic E-state index is 12.3. The van der Waals surface area contributed by atoms with Crippen LogP contribution in [0.2, 0.25) is 0 Å². The van der Waals surface area contributed by atoms with E-state index < -0.39 is 0 Å². The molecule has 0 radical (unpaired) electrons. The van der Waals surface area contributed by atoms with Gasteiger partial charge in [0.05, 0.1) is 17.9 Å². The van der Waals surface area contributed by atoms with Crippen LogP contribution >= 0.6 is 0 Å². The minimum atomic E-state index is -0.154. The lowest BCUT2D eigenvalue weighted by atomic mass is 10.2. The van der Waals surface area contributed by atoms with Crippen LogP contribution in [0.25, 0.3) is 0 Å². The van der Waals surface area contributed by atoms with Crippen LogP contribution in [-0.4, -0.2) is 30.9 Å². The molecule has 108 valence electrons. The van der Waals surface area contributed by atoms with E-state index in [1.807, 2.05) is 18.2 Å². The van der Waals surface area contributed by atoms with Gasteiger partial charge in [0.15, 0.2) is 0 Å². The van der Waals surface area contributed by atoms with E-state index >= 15 is 0 Å². The van der Waals surface area contributed by atoms with Crippen molar-refractivity contribution in [2.75, 3.05) is 23.3 Å². The molecular weight excluding hydrogens is 254 g/mol. The Hall–Kier alpha value is -1.88. The number of carbonyl (C=O) groups excluding carboxylic acids is 2. The van der Waals surface area contributed by atoms with Crippen molar-refractivity contribution >= 4 is 23.2 Å². The lowest BCUT2D eigenvalue weighted by Gasteiger charge is -2.29. The van der Waals surface area contributed by atoms with Crippen molar-refractivity contribution in [2.45, 2.75) is 32.7 Å². The second-order valence-corrected chi connectivity index (χ2v) is 5.12. The standard InChI is InChI=1S/C15H21N3O2/c1-3-6-11(2)16-9-15(20)18-10-14(19)17-12-7-4-5-8-13(12)18/h4-5,7-8,11,16H,3,6,9-10H2,1-2H3,(H,17,19). The van der Waals surface area contributed by atoms with Gasteiger partial charge in [0.2, 0.25) is 11.8 Å². The molecule has 1 heterocycles. The van der Waals surface area contributed by atoms with E-state index in [0.29, 0.717) is 11.7 Å². The summed E-state index contributed by atoms with van der Waals surface area (Å²) in [4.78, 5) is 25.5. The second-order valence-electron chi connectivity index (χ2n) is 5.12. The smallest absolute Gasteiger partial charge is 0.244 e. The molecule has 1 aromatic carbocycles. The zero-order valence-electron chi connectivity index (χ0n) is 12.0. The molecule has 0 fully saturated rings. The predicted molar refractivity (Wildman–Crippen MR) is 79.8 cm³/mol. The van der Waals surface area contributed by atoms with E-state index in [1.165, 1.54) is 0 Å². The highest BCUT2D eigenvalue weighted by molar-refractivity contribution is 6.10. The number of fused-ring (bicyclic) bond motifs is 1. The first-order valence-corrected chi connectivity index (χ1v) is 7.04. The van der Waals surface area contributed by atoms with Crippen molar-refractivity contribution in [3.05, 3.63) is 24.3 Å². The van der Waals surface area contributed by atoms with E-state index in [0.717, 1.165) is 18.5 Å². The summed E-state index contributed by atoms with van der Waals surface area (Å²) in [5, 5.41) is 5.98. The van der Waals surface area contributed by atoms with Crippen molar-refractivity contribution in [3.63, 3.8) is 0 Å². The van der Waals surface area contributed by atoms with Crippen molar-refractivity contribution in [1.29, 1.82) is 0 Å². The van der Waals surface area contributed by atoms with Crippen molar-refractivity contribution in [1.82, 2.24) is 5.32 Å². The first-order valence-electron chi connectivity index (χ1n) is 7.04. The van der Waals surface area contributed by atoms with Gasteiger partial charge in [-0.3, -0.25) is 14.5 Å². The predicted octanol–water partition coefficient (Wildman–Crippen LogP) is 1.75. The Bertz CT molecular complexity index is 502. The van der Waals surface area contributed by atoms with Gasteiger partial charge in [-0.05, 0) is 25.5 Å². The summed E-state index contributed by atoms with van der Waals surface area (Å²) >= 11 is 0.